The van der Waals surface area contributed by atoms with E-state index in [2.05, 4.69) is 43.2 Å². The molecule has 2 aliphatic rings. The van der Waals surface area contributed by atoms with Crippen molar-refractivity contribution in [3.63, 3.8) is 0 Å². The van der Waals surface area contributed by atoms with Gasteiger partial charge in [0.1, 0.15) is 5.60 Å². The molecule has 23 heavy (non-hydrogen) atoms. The van der Waals surface area contributed by atoms with Gasteiger partial charge in [-0.15, -0.1) is 0 Å². The van der Waals surface area contributed by atoms with Crippen molar-refractivity contribution in [2.24, 2.45) is 5.11 Å². The number of nitrogens with zero attached hydrogens (tertiary/aromatic N) is 3. The highest BCUT2D eigenvalue weighted by Gasteiger charge is 2.70. The quantitative estimate of drug-likeness (QED) is 0.108. The Morgan fingerprint density at radius 2 is 2.22 bits per heavy atom. The van der Waals surface area contributed by atoms with Crippen LogP contribution >= 0.6 is 0 Å². The molecule has 0 bridgehead atoms. The zero-order valence-electron chi connectivity index (χ0n) is 15.1. The van der Waals surface area contributed by atoms with Crippen LogP contribution in [0.5, 0.6) is 0 Å². The number of ether oxygens (including phenoxy) is 1. The maximum atomic E-state index is 8.48. The van der Waals surface area contributed by atoms with E-state index in [0.29, 0.717) is 12.6 Å². The minimum absolute atomic E-state index is 0.186. The van der Waals surface area contributed by atoms with E-state index in [1.165, 1.54) is 5.57 Å². The van der Waals surface area contributed by atoms with Crippen molar-refractivity contribution < 1.29 is 9.16 Å². The van der Waals surface area contributed by atoms with Gasteiger partial charge in [-0.3, -0.25) is 0 Å². The van der Waals surface area contributed by atoms with E-state index in [0.717, 1.165) is 44.9 Å². The Labute approximate surface area is 141 Å². The topological polar surface area (TPSA) is 70.5 Å². The summed E-state index contributed by atoms with van der Waals surface area (Å²) in [6.45, 7) is 13.7. The van der Waals surface area contributed by atoms with Crippen LogP contribution in [0, 0.1) is 0 Å². The molecular weight excluding hydrogens is 306 g/mol. The van der Waals surface area contributed by atoms with E-state index in [9.17, 15) is 0 Å². The molecule has 1 heterocycles. The maximum Gasteiger partial charge on any atom is 0.184 e. The number of rotatable bonds is 9. The average molecular weight is 338 g/mol. The maximum absolute atomic E-state index is 8.48. The SMILES string of the molecule is C=C(CC)C[C@@]1(O[Si](C)(C)C)CCC[C@@H]2O[C@@]21CCCN=[N+]=[N-]. The lowest BCUT2D eigenvalue weighted by Crippen LogP contribution is -2.56. The fourth-order valence-corrected chi connectivity index (χ4v) is 5.65. The van der Waals surface area contributed by atoms with Crippen molar-refractivity contribution in [2.75, 3.05) is 6.54 Å². The summed E-state index contributed by atoms with van der Waals surface area (Å²) < 4.78 is 13.1. The summed E-state index contributed by atoms with van der Waals surface area (Å²) in [5, 5.41) is 3.68. The van der Waals surface area contributed by atoms with Gasteiger partial charge < -0.3 is 9.16 Å². The summed E-state index contributed by atoms with van der Waals surface area (Å²) in [4.78, 5) is 2.86. The Hall–Kier alpha value is -0.813. The monoisotopic (exact) mass is 337 g/mol. The predicted octanol–water partition coefficient (Wildman–Crippen LogP) is 5.35. The van der Waals surface area contributed by atoms with Crippen LogP contribution in [0.15, 0.2) is 17.3 Å². The number of hydrogen-bond acceptors (Lipinski definition) is 3. The van der Waals surface area contributed by atoms with Crippen LogP contribution in [0.1, 0.15) is 51.9 Å². The molecule has 0 spiro atoms. The predicted molar refractivity (Wildman–Crippen MR) is 95.9 cm³/mol. The molecule has 1 aliphatic heterocycles. The highest BCUT2D eigenvalue weighted by molar-refractivity contribution is 6.69. The minimum atomic E-state index is -1.72. The number of epoxide rings is 1. The molecule has 3 atom stereocenters. The van der Waals surface area contributed by atoms with Crippen molar-refractivity contribution in [1.82, 2.24) is 0 Å². The molecule has 0 aromatic heterocycles. The van der Waals surface area contributed by atoms with Crippen molar-refractivity contribution >= 4 is 8.32 Å². The van der Waals surface area contributed by atoms with E-state index in [4.69, 9.17) is 14.7 Å². The lowest BCUT2D eigenvalue weighted by Gasteiger charge is -2.46. The van der Waals surface area contributed by atoms with E-state index in [-0.39, 0.29) is 11.2 Å². The third-order valence-electron chi connectivity index (χ3n) is 5.04. The molecular formula is C17H31N3O2Si. The van der Waals surface area contributed by atoms with Crippen LogP contribution in [-0.2, 0) is 9.16 Å². The number of azide groups is 1. The summed E-state index contributed by atoms with van der Waals surface area (Å²) >= 11 is 0. The van der Waals surface area contributed by atoms with Gasteiger partial charge in [0.05, 0.1) is 11.7 Å². The molecule has 2 fully saturated rings. The Balaban J connectivity index is 2.24. The number of hydrogen-bond donors (Lipinski definition) is 0. The van der Waals surface area contributed by atoms with Gasteiger partial charge in [0, 0.05) is 11.5 Å². The third-order valence-corrected chi connectivity index (χ3v) is 6.04. The molecule has 0 aromatic carbocycles. The smallest absolute Gasteiger partial charge is 0.184 e. The standard InChI is InChI=1S/C17H31N3O2Si/c1-6-14(2)13-16(22-23(3,4)5)10-7-9-15-17(16,21-15)11-8-12-19-20-18/h15H,2,6-13H2,1,3-5H3/t15-,16-,17-/m0/s1. The van der Waals surface area contributed by atoms with Gasteiger partial charge in [-0.1, -0.05) is 24.2 Å². The lowest BCUT2D eigenvalue weighted by atomic mass is 9.70. The molecule has 1 aliphatic carbocycles. The molecule has 2 rings (SSSR count). The first-order chi connectivity index (χ1) is 10.8. The van der Waals surface area contributed by atoms with Crippen molar-refractivity contribution in [3.8, 4) is 0 Å². The van der Waals surface area contributed by atoms with Gasteiger partial charge in [0.25, 0.3) is 0 Å². The molecule has 1 saturated carbocycles. The molecule has 0 amide bonds. The molecule has 6 heteroatoms. The van der Waals surface area contributed by atoms with Crippen LogP contribution in [0.25, 0.3) is 10.4 Å². The Morgan fingerprint density at radius 1 is 1.48 bits per heavy atom. The summed E-state index contributed by atoms with van der Waals surface area (Å²) in [5.74, 6) is 0. The van der Waals surface area contributed by atoms with Gasteiger partial charge in [-0.05, 0) is 70.1 Å². The van der Waals surface area contributed by atoms with Crippen LogP contribution in [0.2, 0.25) is 19.6 Å². The highest BCUT2D eigenvalue weighted by Crippen LogP contribution is 2.60. The lowest BCUT2D eigenvalue weighted by molar-refractivity contribution is -0.0375. The Morgan fingerprint density at radius 3 is 2.83 bits per heavy atom. The van der Waals surface area contributed by atoms with Gasteiger partial charge in [0.2, 0.25) is 0 Å². The molecule has 0 aromatic rings. The molecule has 1 saturated heterocycles. The summed E-state index contributed by atoms with van der Waals surface area (Å²) in [6.07, 6.45) is 7.29. The molecule has 5 nitrogen and oxygen atoms in total. The largest absolute Gasteiger partial charge is 0.409 e. The second kappa shape index (κ2) is 6.97. The van der Waals surface area contributed by atoms with E-state index in [1.807, 2.05) is 0 Å². The van der Waals surface area contributed by atoms with E-state index < -0.39 is 8.32 Å². The fourth-order valence-electron chi connectivity index (χ4n) is 4.13. The van der Waals surface area contributed by atoms with Gasteiger partial charge in [-0.25, -0.2) is 0 Å². The summed E-state index contributed by atoms with van der Waals surface area (Å²) in [6, 6.07) is 0. The normalized spacial score (nSPS) is 32.8. The van der Waals surface area contributed by atoms with Crippen molar-refractivity contribution in [1.29, 1.82) is 0 Å². The van der Waals surface area contributed by atoms with Crippen LogP contribution in [-0.4, -0.2) is 32.2 Å². The average Bonchev–Trinajstić information content (AvgIpc) is 3.18. The van der Waals surface area contributed by atoms with Gasteiger partial charge in [-0.2, -0.15) is 0 Å². The first-order valence-electron chi connectivity index (χ1n) is 8.84. The third kappa shape index (κ3) is 3.99. The number of fused-ring (bicyclic) bond motifs is 1. The second-order valence-electron chi connectivity index (χ2n) is 7.94. The van der Waals surface area contributed by atoms with E-state index >= 15 is 0 Å². The summed E-state index contributed by atoms with van der Waals surface area (Å²) in [7, 11) is -1.72. The molecule has 0 N–H and O–H groups in total. The second-order valence-corrected chi connectivity index (χ2v) is 12.4. The highest BCUT2D eigenvalue weighted by atomic mass is 28.4. The molecule has 130 valence electrons. The van der Waals surface area contributed by atoms with E-state index in [1.54, 1.807) is 0 Å². The molecule has 0 unspecified atom stereocenters. The first-order valence-corrected chi connectivity index (χ1v) is 12.2. The molecule has 0 radical (unpaired) electrons. The van der Waals surface area contributed by atoms with Crippen LogP contribution < -0.4 is 0 Å². The first kappa shape index (κ1) is 18.5. The van der Waals surface area contributed by atoms with Crippen molar-refractivity contribution in [2.45, 2.75) is 88.8 Å². The minimum Gasteiger partial charge on any atom is -0.409 e. The zero-order chi connectivity index (χ0) is 17.1. The zero-order valence-corrected chi connectivity index (χ0v) is 16.1. The summed E-state index contributed by atoms with van der Waals surface area (Å²) in [5.41, 5.74) is 9.31. The Kier molecular flexibility index (Phi) is 5.62. The van der Waals surface area contributed by atoms with Crippen LogP contribution in [0.3, 0.4) is 0 Å². The van der Waals surface area contributed by atoms with Gasteiger partial charge >= 0.3 is 0 Å². The fraction of sp³-hybridized carbons (Fsp3) is 0.882. The van der Waals surface area contributed by atoms with Crippen LogP contribution in [0.4, 0.5) is 0 Å². The Bertz CT molecular complexity index is 499. The van der Waals surface area contributed by atoms with Gasteiger partial charge in [0.15, 0.2) is 8.32 Å². The van der Waals surface area contributed by atoms with Crippen molar-refractivity contribution in [3.05, 3.63) is 22.6 Å².